The number of morpholine rings is 1. The summed E-state index contributed by atoms with van der Waals surface area (Å²) in [5.74, 6) is -0.142. The molecule has 7 nitrogen and oxygen atoms in total. The van der Waals surface area contributed by atoms with Crippen molar-refractivity contribution in [2.75, 3.05) is 31.2 Å². The highest BCUT2D eigenvalue weighted by molar-refractivity contribution is 7.71. The van der Waals surface area contributed by atoms with Crippen molar-refractivity contribution in [2.24, 2.45) is 0 Å². The van der Waals surface area contributed by atoms with E-state index in [2.05, 4.69) is 15.2 Å². The number of H-pyrrole nitrogens is 1. The number of fused-ring (bicyclic) bond motifs is 1. The highest BCUT2D eigenvalue weighted by atomic mass is 32.1. The van der Waals surface area contributed by atoms with Crippen molar-refractivity contribution >= 4 is 34.7 Å². The zero-order chi connectivity index (χ0) is 24.2. The summed E-state index contributed by atoms with van der Waals surface area (Å²) in [4.78, 5) is 31.3. The normalized spacial score (nSPS) is 13.7. The molecule has 1 saturated heterocycles. The van der Waals surface area contributed by atoms with E-state index in [-0.39, 0.29) is 11.5 Å². The molecular formula is C27H26N4O3S. The maximum atomic E-state index is 13.4. The number of hydrogen-bond acceptors (Lipinski definition) is 5. The topological polar surface area (TPSA) is 79.4 Å². The number of ether oxygens (including phenoxy) is 1. The van der Waals surface area contributed by atoms with Crippen molar-refractivity contribution in [1.82, 2.24) is 14.9 Å². The van der Waals surface area contributed by atoms with Gasteiger partial charge in [-0.1, -0.05) is 42.5 Å². The van der Waals surface area contributed by atoms with Gasteiger partial charge < -0.3 is 19.9 Å². The van der Waals surface area contributed by atoms with Crippen LogP contribution in [0.2, 0.25) is 0 Å². The van der Waals surface area contributed by atoms with Crippen LogP contribution in [0.15, 0.2) is 77.6 Å². The van der Waals surface area contributed by atoms with Gasteiger partial charge in [0.25, 0.3) is 11.5 Å². The molecule has 0 radical (unpaired) electrons. The molecule has 0 bridgehead atoms. The molecule has 1 fully saturated rings. The number of hydrogen-bond donors (Lipinski definition) is 2. The van der Waals surface area contributed by atoms with E-state index in [4.69, 9.17) is 17.0 Å². The Morgan fingerprint density at radius 1 is 0.971 bits per heavy atom. The second-order valence-corrected chi connectivity index (χ2v) is 8.90. The van der Waals surface area contributed by atoms with Gasteiger partial charge in [0.2, 0.25) is 0 Å². The third-order valence-corrected chi connectivity index (χ3v) is 6.52. The Morgan fingerprint density at radius 2 is 1.71 bits per heavy atom. The van der Waals surface area contributed by atoms with Gasteiger partial charge >= 0.3 is 0 Å². The smallest absolute Gasteiger partial charge is 0.262 e. The standard InChI is InChI=1S/C27H26N4O3S/c32-25(28-17-19-4-2-1-3-5-19)21-8-6-20(7-9-21)18-31-26(33)23-16-22(30-12-14-34-15-13-30)10-11-24(23)29-27(31)35/h1-11,16H,12-15,17-18H2,(H,28,32)(H,29,35). The first-order valence-electron chi connectivity index (χ1n) is 11.6. The number of nitrogens with one attached hydrogen (secondary N) is 2. The lowest BCUT2D eigenvalue weighted by Gasteiger charge is -2.29. The summed E-state index contributed by atoms with van der Waals surface area (Å²) >= 11 is 5.49. The van der Waals surface area contributed by atoms with Crippen LogP contribution in [0.4, 0.5) is 5.69 Å². The number of amides is 1. The SMILES string of the molecule is O=C(NCc1ccccc1)c1ccc(Cn2c(=S)[nH]c3ccc(N4CCOCC4)cc3c2=O)cc1. The number of nitrogens with zero attached hydrogens (tertiary/aromatic N) is 2. The lowest BCUT2D eigenvalue weighted by atomic mass is 10.1. The number of rotatable bonds is 6. The molecule has 5 rings (SSSR count). The molecule has 2 N–H and O–H groups in total. The van der Waals surface area contributed by atoms with E-state index in [9.17, 15) is 9.59 Å². The molecule has 4 aromatic rings. The van der Waals surface area contributed by atoms with E-state index in [0.29, 0.717) is 42.0 Å². The number of benzene rings is 3. The lowest BCUT2D eigenvalue weighted by molar-refractivity contribution is 0.0951. The van der Waals surface area contributed by atoms with Crippen LogP contribution in [-0.2, 0) is 17.8 Å². The highest BCUT2D eigenvalue weighted by Gasteiger charge is 2.14. The summed E-state index contributed by atoms with van der Waals surface area (Å²) in [6.45, 7) is 3.74. The van der Waals surface area contributed by atoms with E-state index in [0.717, 1.165) is 35.4 Å². The van der Waals surface area contributed by atoms with Gasteiger partial charge in [-0.2, -0.15) is 0 Å². The monoisotopic (exact) mass is 486 g/mol. The Balaban J connectivity index is 1.34. The molecule has 0 spiro atoms. The van der Waals surface area contributed by atoms with Crippen LogP contribution in [0.3, 0.4) is 0 Å². The van der Waals surface area contributed by atoms with Crippen LogP contribution in [0, 0.1) is 4.77 Å². The Morgan fingerprint density at radius 3 is 2.46 bits per heavy atom. The summed E-state index contributed by atoms with van der Waals surface area (Å²) in [7, 11) is 0. The zero-order valence-corrected chi connectivity index (χ0v) is 20.0. The van der Waals surface area contributed by atoms with Gasteiger partial charge in [-0.15, -0.1) is 0 Å². The Labute approximate surface area is 208 Å². The minimum Gasteiger partial charge on any atom is -0.378 e. The van der Waals surface area contributed by atoms with Crippen molar-refractivity contribution in [2.45, 2.75) is 13.1 Å². The van der Waals surface area contributed by atoms with E-state index in [1.807, 2.05) is 60.7 Å². The third kappa shape index (κ3) is 5.18. The maximum absolute atomic E-state index is 13.4. The van der Waals surface area contributed by atoms with Gasteiger partial charge in [-0.25, -0.2) is 0 Å². The first-order valence-corrected chi connectivity index (χ1v) is 12.0. The van der Waals surface area contributed by atoms with Crippen molar-refractivity contribution in [1.29, 1.82) is 0 Å². The van der Waals surface area contributed by atoms with E-state index < -0.39 is 0 Å². The number of aromatic nitrogens is 2. The quantitative estimate of drug-likeness (QED) is 0.405. The van der Waals surface area contributed by atoms with E-state index in [1.54, 1.807) is 16.7 Å². The molecule has 1 aromatic heterocycles. The zero-order valence-electron chi connectivity index (χ0n) is 19.2. The number of aromatic amines is 1. The summed E-state index contributed by atoms with van der Waals surface area (Å²) in [6, 6.07) is 22.9. The average Bonchev–Trinajstić information content (AvgIpc) is 2.91. The number of carbonyl (C=O) groups excluding carboxylic acids is 1. The first kappa shape index (κ1) is 23.0. The van der Waals surface area contributed by atoms with Gasteiger partial charge in [0.15, 0.2) is 4.77 Å². The molecule has 1 aliphatic heterocycles. The molecular weight excluding hydrogens is 460 g/mol. The molecule has 0 unspecified atom stereocenters. The van der Waals surface area contributed by atoms with Crippen molar-refractivity contribution in [3.63, 3.8) is 0 Å². The third-order valence-electron chi connectivity index (χ3n) is 6.19. The fourth-order valence-electron chi connectivity index (χ4n) is 4.22. The highest BCUT2D eigenvalue weighted by Crippen LogP contribution is 2.20. The molecule has 2 heterocycles. The van der Waals surface area contributed by atoms with Crippen LogP contribution < -0.4 is 15.8 Å². The molecule has 178 valence electrons. The number of carbonyl (C=O) groups is 1. The molecule has 0 aliphatic carbocycles. The largest absolute Gasteiger partial charge is 0.378 e. The van der Waals surface area contributed by atoms with Crippen LogP contribution in [0.25, 0.3) is 10.9 Å². The Kier molecular flexibility index (Phi) is 6.74. The van der Waals surface area contributed by atoms with Gasteiger partial charge in [-0.05, 0) is 53.7 Å². The van der Waals surface area contributed by atoms with E-state index >= 15 is 0 Å². The first-order chi connectivity index (χ1) is 17.1. The Hall–Kier alpha value is -3.75. The molecule has 1 amide bonds. The summed E-state index contributed by atoms with van der Waals surface area (Å²) in [6.07, 6.45) is 0. The van der Waals surface area contributed by atoms with Gasteiger partial charge in [0, 0.05) is 30.9 Å². The van der Waals surface area contributed by atoms with Crippen LogP contribution >= 0.6 is 12.2 Å². The lowest BCUT2D eigenvalue weighted by Crippen LogP contribution is -2.36. The van der Waals surface area contributed by atoms with Crippen LogP contribution in [-0.4, -0.2) is 41.8 Å². The molecule has 1 aliphatic rings. The van der Waals surface area contributed by atoms with Gasteiger partial charge in [0.05, 0.1) is 30.7 Å². The minimum atomic E-state index is -0.142. The maximum Gasteiger partial charge on any atom is 0.262 e. The average molecular weight is 487 g/mol. The second kappa shape index (κ2) is 10.2. The second-order valence-electron chi connectivity index (χ2n) is 8.52. The molecule has 35 heavy (non-hydrogen) atoms. The van der Waals surface area contributed by atoms with E-state index in [1.165, 1.54) is 0 Å². The predicted octanol–water partition coefficient (Wildman–Crippen LogP) is 3.87. The van der Waals surface area contributed by atoms with Crippen LogP contribution in [0.5, 0.6) is 0 Å². The Bertz CT molecular complexity index is 1460. The van der Waals surface area contributed by atoms with Gasteiger partial charge in [0.1, 0.15) is 0 Å². The van der Waals surface area contributed by atoms with Crippen molar-refractivity contribution < 1.29 is 9.53 Å². The minimum absolute atomic E-state index is 0.136. The molecule has 0 atom stereocenters. The summed E-state index contributed by atoms with van der Waals surface area (Å²) in [5, 5.41) is 3.52. The summed E-state index contributed by atoms with van der Waals surface area (Å²) in [5.41, 5.74) is 4.08. The molecule has 0 saturated carbocycles. The predicted molar refractivity (Wildman–Crippen MR) is 140 cm³/mol. The number of anilines is 1. The van der Waals surface area contributed by atoms with Crippen molar-refractivity contribution in [3.8, 4) is 0 Å². The van der Waals surface area contributed by atoms with Gasteiger partial charge in [-0.3, -0.25) is 14.2 Å². The molecule has 8 heteroatoms. The summed E-state index contributed by atoms with van der Waals surface area (Å²) < 4.78 is 7.37. The fourth-order valence-corrected chi connectivity index (χ4v) is 4.48. The van der Waals surface area contributed by atoms with Crippen molar-refractivity contribution in [3.05, 3.63) is 105 Å². The van der Waals surface area contributed by atoms with Crippen LogP contribution in [0.1, 0.15) is 21.5 Å². The fraction of sp³-hybridized carbons (Fsp3) is 0.222. The molecule has 3 aromatic carbocycles.